The minimum absolute atomic E-state index is 0.179. The van der Waals surface area contributed by atoms with E-state index in [9.17, 15) is 15.0 Å². The summed E-state index contributed by atoms with van der Waals surface area (Å²) in [6.07, 6.45) is 3.66. The lowest BCUT2D eigenvalue weighted by Crippen LogP contribution is -2.37. The zero-order valence-electron chi connectivity index (χ0n) is 19.2. The maximum absolute atomic E-state index is 11.5. The Morgan fingerprint density at radius 1 is 1.18 bits per heavy atom. The number of nitrogens with zero attached hydrogens (tertiary/aromatic N) is 2. The summed E-state index contributed by atoms with van der Waals surface area (Å²) in [6, 6.07) is 14.7. The number of rotatable bonds is 8. The van der Waals surface area contributed by atoms with Gasteiger partial charge in [0, 0.05) is 50.2 Å². The number of aromatic nitrogens is 1. The quantitative estimate of drug-likeness (QED) is 0.408. The Kier molecular flexibility index (Phi) is 7.36. The third kappa shape index (κ3) is 5.86. The molecule has 3 aromatic rings. The molecule has 0 unspecified atom stereocenters. The second-order valence-electron chi connectivity index (χ2n) is 8.73. The summed E-state index contributed by atoms with van der Waals surface area (Å²) in [7, 11) is 3.72. The van der Waals surface area contributed by atoms with Gasteiger partial charge in [-0.3, -0.25) is 0 Å². The van der Waals surface area contributed by atoms with Crippen molar-refractivity contribution in [2.24, 2.45) is 0 Å². The maximum Gasteiger partial charge on any atom is 0.335 e. The molecule has 0 saturated heterocycles. The van der Waals surface area contributed by atoms with Gasteiger partial charge in [0.2, 0.25) is 0 Å². The normalized spacial score (nSPS) is 15.9. The molecule has 0 aliphatic heterocycles. The first-order valence-corrected chi connectivity index (χ1v) is 11.5. The van der Waals surface area contributed by atoms with Crippen LogP contribution in [0, 0.1) is 0 Å². The number of carboxylic acid groups (broad SMARTS) is 1. The van der Waals surface area contributed by atoms with E-state index < -0.39 is 12.1 Å². The molecule has 0 bridgehead atoms. The molecule has 7 nitrogen and oxygen atoms in total. The largest absolute Gasteiger partial charge is 0.478 e. The highest BCUT2D eigenvalue weighted by atomic mass is 35.5. The molecule has 0 amide bonds. The number of pyridine rings is 1. The summed E-state index contributed by atoms with van der Waals surface area (Å²) < 4.78 is 6.06. The molecule has 1 aromatic heterocycles. The Morgan fingerprint density at radius 3 is 2.71 bits per heavy atom. The number of aryl methyl sites for hydroxylation is 1. The van der Waals surface area contributed by atoms with Gasteiger partial charge in [-0.15, -0.1) is 0 Å². The van der Waals surface area contributed by atoms with Crippen LogP contribution in [0.1, 0.15) is 39.6 Å². The van der Waals surface area contributed by atoms with Crippen LogP contribution in [0.15, 0.2) is 54.7 Å². The highest BCUT2D eigenvalue weighted by Crippen LogP contribution is 2.31. The van der Waals surface area contributed by atoms with Crippen molar-refractivity contribution >= 4 is 23.3 Å². The Labute approximate surface area is 204 Å². The van der Waals surface area contributed by atoms with E-state index >= 15 is 0 Å². The van der Waals surface area contributed by atoms with Gasteiger partial charge in [-0.05, 0) is 60.7 Å². The number of fused-ring (bicyclic) bond motifs is 1. The van der Waals surface area contributed by atoms with Crippen LogP contribution in [-0.2, 0) is 12.8 Å². The van der Waals surface area contributed by atoms with Crippen LogP contribution in [0.2, 0.25) is 5.15 Å². The summed E-state index contributed by atoms with van der Waals surface area (Å²) in [5.41, 5.74) is 4.13. The fourth-order valence-corrected chi connectivity index (χ4v) is 4.22. The topological polar surface area (TPSA) is 94.9 Å². The van der Waals surface area contributed by atoms with E-state index in [4.69, 9.17) is 16.3 Å². The number of anilines is 1. The van der Waals surface area contributed by atoms with Crippen molar-refractivity contribution < 1.29 is 19.7 Å². The number of ether oxygens (including phenoxy) is 1. The van der Waals surface area contributed by atoms with Gasteiger partial charge in [-0.2, -0.15) is 0 Å². The van der Waals surface area contributed by atoms with Crippen LogP contribution in [0.25, 0.3) is 0 Å². The molecule has 0 saturated carbocycles. The smallest absolute Gasteiger partial charge is 0.335 e. The van der Waals surface area contributed by atoms with Crippen LogP contribution in [0.5, 0.6) is 11.5 Å². The molecule has 34 heavy (non-hydrogen) atoms. The average molecular weight is 482 g/mol. The molecule has 0 fully saturated rings. The van der Waals surface area contributed by atoms with Gasteiger partial charge in [0.25, 0.3) is 0 Å². The number of aliphatic hydroxyl groups is 1. The monoisotopic (exact) mass is 481 g/mol. The number of carboxylic acids is 1. The Balaban J connectivity index is 1.43. The molecule has 2 aromatic carbocycles. The molecule has 8 heteroatoms. The van der Waals surface area contributed by atoms with Crippen LogP contribution in [-0.4, -0.2) is 47.8 Å². The first-order chi connectivity index (χ1) is 16.3. The molecule has 3 N–H and O–H groups in total. The fraction of sp³-hybridized carbons (Fsp3) is 0.308. The van der Waals surface area contributed by atoms with Crippen LogP contribution >= 0.6 is 11.6 Å². The first-order valence-electron chi connectivity index (χ1n) is 11.2. The van der Waals surface area contributed by atoms with Crippen molar-refractivity contribution in [3.05, 3.63) is 82.1 Å². The number of carbonyl (C=O) groups is 1. The molecule has 0 spiro atoms. The highest BCUT2D eigenvalue weighted by molar-refractivity contribution is 6.29. The van der Waals surface area contributed by atoms with Crippen molar-refractivity contribution in [1.29, 1.82) is 0 Å². The lowest BCUT2D eigenvalue weighted by Gasteiger charge is -2.27. The highest BCUT2D eigenvalue weighted by Gasteiger charge is 2.20. The van der Waals surface area contributed by atoms with Crippen LogP contribution < -0.4 is 15.0 Å². The molecule has 2 atom stereocenters. The number of nitrogens with one attached hydrogen (secondary N) is 1. The Morgan fingerprint density at radius 2 is 2.00 bits per heavy atom. The number of aliphatic hydroxyl groups excluding tert-OH is 1. The van der Waals surface area contributed by atoms with E-state index in [2.05, 4.69) is 16.4 Å². The summed E-state index contributed by atoms with van der Waals surface area (Å²) in [6.45, 7) is 0.425. The van der Waals surface area contributed by atoms with Crippen molar-refractivity contribution in [2.75, 3.05) is 25.5 Å². The van der Waals surface area contributed by atoms with Gasteiger partial charge < -0.3 is 25.2 Å². The predicted molar refractivity (Wildman–Crippen MR) is 132 cm³/mol. The molecule has 178 valence electrons. The molecule has 1 aliphatic rings. The third-order valence-electron chi connectivity index (χ3n) is 6.03. The minimum atomic E-state index is -0.996. The van der Waals surface area contributed by atoms with E-state index in [1.807, 2.05) is 37.2 Å². The second-order valence-corrected chi connectivity index (χ2v) is 9.11. The van der Waals surface area contributed by atoms with Gasteiger partial charge in [0.05, 0.1) is 11.7 Å². The number of hydrogen-bond acceptors (Lipinski definition) is 6. The summed E-state index contributed by atoms with van der Waals surface area (Å²) in [5, 5.41) is 23.8. The molecule has 1 aliphatic carbocycles. The lowest BCUT2D eigenvalue weighted by atomic mass is 9.88. The van der Waals surface area contributed by atoms with E-state index in [0.29, 0.717) is 23.2 Å². The number of hydrogen-bond donors (Lipinski definition) is 3. The van der Waals surface area contributed by atoms with E-state index in [1.165, 1.54) is 17.2 Å². The zero-order valence-corrected chi connectivity index (χ0v) is 19.9. The van der Waals surface area contributed by atoms with E-state index in [1.54, 1.807) is 24.4 Å². The van der Waals surface area contributed by atoms with E-state index in [-0.39, 0.29) is 11.6 Å². The standard InChI is InChI=1S/C26H28ClN3O4/c1-30(2)21-10-19(26(32)33)12-23(13-21)34-22-7-4-16-3-6-20(9-18(16)11-22)28-15-24(31)17-5-8-25(27)29-14-17/h4-5,7-8,10-14,20,24,28,31H,3,6,9,15H2,1-2H3,(H,32,33)/t20-,24-/m0/s1. The number of aromatic carboxylic acids is 1. The molecule has 4 rings (SSSR count). The maximum atomic E-state index is 11.5. The fourth-order valence-electron chi connectivity index (χ4n) is 4.11. The minimum Gasteiger partial charge on any atom is -0.478 e. The molecular formula is C26H28ClN3O4. The van der Waals surface area contributed by atoms with Crippen molar-refractivity contribution in [1.82, 2.24) is 10.3 Å². The summed E-state index contributed by atoms with van der Waals surface area (Å²) in [5.74, 6) is 0.150. The first kappa shape index (κ1) is 24.0. The number of benzene rings is 2. The third-order valence-corrected chi connectivity index (χ3v) is 6.26. The average Bonchev–Trinajstić information content (AvgIpc) is 2.82. The Bertz CT molecular complexity index is 1170. The second kappa shape index (κ2) is 10.4. The van der Waals surface area contributed by atoms with Crippen LogP contribution in [0.3, 0.4) is 0 Å². The summed E-state index contributed by atoms with van der Waals surface area (Å²) in [4.78, 5) is 17.4. The molecule has 1 heterocycles. The van der Waals surface area contributed by atoms with Crippen LogP contribution in [0.4, 0.5) is 5.69 Å². The van der Waals surface area contributed by atoms with E-state index in [0.717, 1.165) is 30.5 Å². The van der Waals surface area contributed by atoms with Gasteiger partial charge in [0.15, 0.2) is 0 Å². The zero-order chi connectivity index (χ0) is 24.2. The van der Waals surface area contributed by atoms with Gasteiger partial charge in [-0.1, -0.05) is 23.7 Å². The van der Waals surface area contributed by atoms with Crippen molar-refractivity contribution in [3.63, 3.8) is 0 Å². The predicted octanol–water partition coefficient (Wildman–Crippen LogP) is 4.47. The van der Waals surface area contributed by atoms with Gasteiger partial charge in [-0.25, -0.2) is 9.78 Å². The number of halogens is 1. The lowest BCUT2D eigenvalue weighted by molar-refractivity contribution is 0.0696. The van der Waals surface area contributed by atoms with Gasteiger partial charge >= 0.3 is 5.97 Å². The van der Waals surface area contributed by atoms with Crippen molar-refractivity contribution in [2.45, 2.75) is 31.4 Å². The molecular weight excluding hydrogens is 454 g/mol. The molecule has 0 radical (unpaired) electrons. The SMILES string of the molecule is CN(C)c1cc(Oc2ccc3c(c2)C[C@@H](NC[C@H](O)c2ccc(Cl)nc2)CC3)cc(C(=O)O)c1. The Hall–Kier alpha value is -3.13. The summed E-state index contributed by atoms with van der Waals surface area (Å²) >= 11 is 5.82. The van der Waals surface area contributed by atoms with Gasteiger partial charge in [0.1, 0.15) is 16.7 Å². The van der Waals surface area contributed by atoms with Crippen molar-refractivity contribution in [3.8, 4) is 11.5 Å².